The van der Waals surface area contributed by atoms with Crippen LogP contribution in [-0.2, 0) is 14.8 Å². The Morgan fingerprint density at radius 1 is 1.24 bits per heavy atom. The van der Waals surface area contributed by atoms with Gasteiger partial charge in [0, 0.05) is 32.3 Å². The Morgan fingerprint density at radius 2 is 1.90 bits per heavy atom. The molecule has 21 heavy (non-hydrogen) atoms. The fourth-order valence-corrected chi connectivity index (χ4v) is 2.95. The lowest BCUT2D eigenvalue weighted by Gasteiger charge is -2.32. The number of rotatable bonds is 3. The molecule has 1 aliphatic rings. The fraction of sp³-hybridized carbons (Fsp3) is 0.357. The van der Waals surface area contributed by atoms with Crippen molar-refractivity contribution in [2.45, 2.75) is 0 Å². The lowest BCUT2D eigenvalue weighted by molar-refractivity contribution is -0.127. The molecule has 1 saturated heterocycles. The van der Waals surface area contributed by atoms with Crippen molar-refractivity contribution in [1.29, 1.82) is 0 Å². The summed E-state index contributed by atoms with van der Waals surface area (Å²) >= 11 is 0. The summed E-state index contributed by atoms with van der Waals surface area (Å²) in [6.45, 7) is 1.33. The highest BCUT2D eigenvalue weighted by atomic mass is 32.2. The molecule has 0 N–H and O–H groups in total. The topological polar surface area (TPSA) is 57.7 Å². The van der Waals surface area contributed by atoms with E-state index in [1.807, 2.05) is 0 Å². The van der Waals surface area contributed by atoms with Crippen LogP contribution >= 0.6 is 0 Å². The number of benzene rings is 1. The van der Waals surface area contributed by atoms with E-state index in [0.717, 1.165) is 6.26 Å². The molecule has 0 atom stereocenters. The summed E-state index contributed by atoms with van der Waals surface area (Å²) in [6, 6.07) is 5.95. The number of nitrogens with zero attached hydrogens (tertiary/aromatic N) is 2. The molecule has 2 rings (SSSR count). The summed E-state index contributed by atoms with van der Waals surface area (Å²) in [5.41, 5.74) is 0.609. The highest BCUT2D eigenvalue weighted by Crippen LogP contribution is 2.09. The van der Waals surface area contributed by atoms with Gasteiger partial charge in [0.05, 0.1) is 6.26 Å². The van der Waals surface area contributed by atoms with E-state index >= 15 is 0 Å². The molecule has 5 nitrogen and oxygen atoms in total. The van der Waals surface area contributed by atoms with Crippen molar-refractivity contribution < 1.29 is 17.6 Å². The molecule has 0 aliphatic carbocycles. The molecular weight excluding hydrogens is 295 g/mol. The predicted octanol–water partition coefficient (Wildman–Crippen LogP) is 0.943. The maximum absolute atomic E-state index is 13.0. The largest absolute Gasteiger partial charge is 0.337 e. The summed E-state index contributed by atoms with van der Waals surface area (Å²) < 4.78 is 37.1. The van der Waals surface area contributed by atoms with E-state index in [4.69, 9.17) is 0 Å². The zero-order chi connectivity index (χ0) is 15.5. The van der Waals surface area contributed by atoms with Crippen molar-refractivity contribution in [3.8, 4) is 0 Å². The van der Waals surface area contributed by atoms with Gasteiger partial charge in [-0.1, -0.05) is 12.1 Å². The first kappa shape index (κ1) is 15.7. The first-order valence-electron chi connectivity index (χ1n) is 6.54. The van der Waals surface area contributed by atoms with Gasteiger partial charge in [-0.25, -0.2) is 12.8 Å². The van der Waals surface area contributed by atoms with Crippen molar-refractivity contribution in [2.75, 3.05) is 32.4 Å². The number of hydrogen-bond donors (Lipinski definition) is 0. The van der Waals surface area contributed by atoms with Crippen LogP contribution in [0.15, 0.2) is 30.3 Å². The SMILES string of the molecule is CS(=O)(=O)N1CCN(C(=O)/C=C/c2cccc(F)c2)CC1. The second-order valence-electron chi connectivity index (χ2n) is 4.88. The van der Waals surface area contributed by atoms with Gasteiger partial charge in [0.2, 0.25) is 15.9 Å². The molecule has 0 bridgehead atoms. The van der Waals surface area contributed by atoms with Crippen LogP contribution in [0.1, 0.15) is 5.56 Å². The first-order chi connectivity index (χ1) is 9.86. The molecule has 1 amide bonds. The van der Waals surface area contributed by atoms with Crippen molar-refractivity contribution in [1.82, 2.24) is 9.21 Å². The highest BCUT2D eigenvalue weighted by molar-refractivity contribution is 7.88. The Balaban J connectivity index is 1.93. The van der Waals surface area contributed by atoms with Gasteiger partial charge in [-0.2, -0.15) is 4.31 Å². The van der Waals surface area contributed by atoms with Gasteiger partial charge >= 0.3 is 0 Å². The van der Waals surface area contributed by atoms with Gasteiger partial charge < -0.3 is 4.90 Å². The van der Waals surface area contributed by atoms with Gasteiger partial charge in [0.15, 0.2) is 0 Å². The Morgan fingerprint density at radius 3 is 2.48 bits per heavy atom. The minimum absolute atomic E-state index is 0.201. The summed E-state index contributed by atoms with van der Waals surface area (Å²) in [4.78, 5) is 13.6. The van der Waals surface area contributed by atoms with Crippen molar-refractivity contribution in [2.24, 2.45) is 0 Å². The van der Waals surface area contributed by atoms with Gasteiger partial charge in [-0.15, -0.1) is 0 Å². The summed E-state index contributed by atoms with van der Waals surface area (Å²) in [5, 5.41) is 0. The monoisotopic (exact) mass is 312 g/mol. The molecule has 1 aromatic rings. The van der Waals surface area contributed by atoms with Crippen molar-refractivity contribution in [3.63, 3.8) is 0 Å². The summed E-state index contributed by atoms with van der Waals surface area (Å²) in [6.07, 6.45) is 4.09. The van der Waals surface area contributed by atoms with E-state index < -0.39 is 10.0 Å². The minimum Gasteiger partial charge on any atom is -0.337 e. The molecule has 0 spiro atoms. The molecule has 114 valence electrons. The van der Waals surface area contributed by atoms with Crippen LogP contribution in [0.4, 0.5) is 4.39 Å². The normalized spacial score (nSPS) is 17.3. The average molecular weight is 312 g/mol. The molecule has 0 radical (unpaired) electrons. The predicted molar refractivity (Wildman–Crippen MR) is 78.4 cm³/mol. The Labute approximate surface area is 123 Å². The zero-order valence-corrected chi connectivity index (χ0v) is 12.5. The molecule has 0 saturated carbocycles. The van der Waals surface area contributed by atoms with Gasteiger partial charge in [-0.3, -0.25) is 4.79 Å². The average Bonchev–Trinajstić information content (AvgIpc) is 2.44. The van der Waals surface area contributed by atoms with Crippen molar-refractivity contribution in [3.05, 3.63) is 41.7 Å². The Hall–Kier alpha value is -1.73. The second-order valence-corrected chi connectivity index (χ2v) is 6.86. The number of amides is 1. The van der Waals surface area contributed by atoms with Gasteiger partial charge in [-0.05, 0) is 23.8 Å². The number of piperazine rings is 1. The standard InChI is InChI=1S/C14H17FN2O3S/c1-21(19,20)17-9-7-16(8-10-17)14(18)6-5-12-3-2-4-13(15)11-12/h2-6,11H,7-10H2,1H3/b6-5+. The van der Waals surface area contributed by atoms with Crippen LogP contribution < -0.4 is 0 Å². The molecule has 0 unspecified atom stereocenters. The summed E-state index contributed by atoms with van der Waals surface area (Å²) in [5.74, 6) is -0.557. The number of carbonyl (C=O) groups excluding carboxylic acids is 1. The molecule has 1 fully saturated rings. The third-order valence-electron chi connectivity index (χ3n) is 3.29. The number of carbonyl (C=O) groups is 1. The van der Waals surface area contributed by atoms with Crippen LogP contribution in [-0.4, -0.2) is 56.0 Å². The zero-order valence-electron chi connectivity index (χ0n) is 11.7. The maximum Gasteiger partial charge on any atom is 0.246 e. The van der Waals surface area contributed by atoms with Crippen LogP contribution in [0, 0.1) is 5.82 Å². The van der Waals surface area contributed by atoms with Crippen LogP contribution in [0.25, 0.3) is 6.08 Å². The van der Waals surface area contributed by atoms with Crippen LogP contribution in [0.5, 0.6) is 0 Å². The summed E-state index contributed by atoms with van der Waals surface area (Å²) in [7, 11) is -3.20. The second kappa shape index (κ2) is 6.36. The molecule has 0 aromatic heterocycles. The minimum atomic E-state index is -3.20. The van der Waals surface area contributed by atoms with E-state index in [0.29, 0.717) is 31.7 Å². The highest BCUT2D eigenvalue weighted by Gasteiger charge is 2.24. The van der Waals surface area contributed by atoms with E-state index in [1.54, 1.807) is 23.1 Å². The van der Waals surface area contributed by atoms with Crippen LogP contribution in [0.2, 0.25) is 0 Å². The smallest absolute Gasteiger partial charge is 0.246 e. The van der Waals surface area contributed by atoms with E-state index in [1.165, 1.54) is 22.5 Å². The quantitative estimate of drug-likeness (QED) is 0.781. The number of sulfonamides is 1. The number of halogens is 1. The van der Waals surface area contributed by atoms with Gasteiger partial charge in [0.1, 0.15) is 5.82 Å². The molecular formula is C14H17FN2O3S. The lowest BCUT2D eigenvalue weighted by Crippen LogP contribution is -2.49. The van der Waals surface area contributed by atoms with E-state index in [9.17, 15) is 17.6 Å². The Bertz CT molecular complexity index is 650. The lowest BCUT2D eigenvalue weighted by atomic mass is 10.2. The molecule has 1 heterocycles. The third-order valence-corrected chi connectivity index (χ3v) is 4.59. The third kappa shape index (κ3) is 4.37. The molecule has 7 heteroatoms. The Kier molecular flexibility index (Phi) is 4.74. The fourth-order valence-electron chi connectivity index (χ4n) is 2.12. The maximum atomic E-state index is 13.0. The first-order valence-corrected chi connectivity index (χ1v) is 8.39. The van der Waals surface area contributed by atoms with E-state index in [-0.39, 0.29) is 11.7 Å². The number of hydrogen-bond acceptors (Lipinski definition) is 3. The molecule has 1 aromatic carbocycles. The van der Waals surface area contributed by atoms with Crippen molar-refractivity contribution >= 4 is 22.0 Å². The van der Waals surface area contributed by atoms with Gasteiger partial charge in [0.25, 0.3) is 0 Å². The van der Waals surface area contributed by atoms with E-state index in [2.05, 4.69) is 0 Å². The molecule has 1 aliphatic heterocycles. The van der Waals surface area contributed by atoms with Crippen LogP contribution in [0.3, 0.4) is 0 Å².